The second-order valence-corrected chi connectivity index (χ2v) is 12.9. The molecule has 0 aliphatic heterocycles. The fourth-order valence-electron chi connectivity index (χ4n) is 5.28. The molecule has 0 saturated carbocycles. The molecule has 2 aromatic carbocycles. The Morgan fingerprint density at radius 1 is 0.795 bits per heavy atom. The predicted octanol–water partition coefficient (Wildman–Crippen LogP) is 10.9. The largest absolute Gasteiger partial charge is 0.431 e. The van der Waals surface area contributed by atoms with E-state index in [2.05, 4.69) is 94.2 Å². The Kier molecular flexibility index (Phi) is 14.2. The summed E-state index contributed by atoms with van der Waals surface area (Å²) in [5.41, 5.74) is 4.60. The maximum absolute atomic E-state index is 6.43. The second-order valence-electron chi connectivity index (χ2n) is 11.4. The van der Waals surface area contributed by atoms with Crippen LogP contribution in [0.15, 0.2) is 64.2 Å². The number of hydrogen-bond acceptors (Lipinski definition) is 4. The molecule has 1 atom stereocenters. The van der Waals surface area contributed by atoms with Crippen molar-refractivity contribution >= 4 is 11.8 Å². The van der Waals surface area contributed by atoms with Gasteiger partial charge in [-0.1, -0.05) is 146 Å². The Morgan fingerprint density at radius 2 is 1.46 bits per heavy atom. The fourth-order valence-corrected chi connectivity index (χ4v) is 5.96. The number of aromatic nitrogens is 1. The number of nitrogens with zero attached hydrogens (tertiary/aromatic N) is 2. The molecule has 3 aromatic rings. The Hall–Kier alpha value is -2.04. The van der Waals surface area contributed by atoms with Crippen LogP contribution in [0.4, 0.5) is 0 Å². The van der Waals surface area contributed by atoms with E-state index in [4.69, 9.17) is 9.40 Å². The molecular formula is C35H52N2OS. The summed E-state index contributed by atoms with van der Waals surface area (Å²) in [5, 5.41) is 1.17. The van der Waals surface area contributed by atoms with E-state index in [0.717, 1.165) is 34.3 Å². The number of benzene rings is 2. The van der Waals surface area contributed by atoms with E-state index in [9.17, 15) is 0 Å². The van der Waals surface area contributed by atoms with Crippen molar-refractivity contribution in [1.82, 2.24) is 9.88 Å². The van der Waals surface area contributed by atoms with Crippen molar-refractivity contribution in [3.8, 4) is 22.6 Å². The molecule has 1 aromatic heterocycles. The van der Waals surface area contributed by atoms with E-state index >= 15 is 0 Å². The first-order valence-corrected chi connectivity index (χ1v) is 16.4. The highest BCUT2D eigenvalue weighted by atomic mass is 32.2. The number of thioether (sulfide) groups is 1. The molecule has 0 fully saturated rings. The van der Waals surface area contributed by atoms with Gasteiger partial charge in [0.25, 0.3) is 5.22 Å². The van der Waals surface area contributed by atoms with Crippen molar-refractivity contribution in [3.63, 3.8) is 0 Å². The molecule has 4 heteroatoms. The summed E-state index contributed by atoms with van der Waals surface area (Å²) in [6, 6.07) is 19.6. The van der Waals surface area contributed by atoms with Gasteiger partial charge in [-0.2, -0.15) is 0 Å². The minimum absolute atomic E-state index is 0.418. The van der Waals surface area contributed by atoms with Crippen LogP contribution in [-0.2, 0) is 0 Å². The van der Waals surface area contributed by atoms with Gasteiger partial charge in [0.05, 0.1) is 0 Å². The smallest absolute Gasteiger partial charge is 0.257 e. The third-order valence-corrected chi connectivity index (χ3v) is 8.29. The van der Waals surface area contributed by atoms with Crippen LogP contribution >= 0.6 is 11.8 Å². The number of unbranched alkanes of at least 4 members (excludes halogenated alkanes) is 8. The molecule has 1 unspecified atom stereocenters. The van der Waals surface area contributed by atoms with Gasteiger partial charge < -0.3 is 9.32 Å². The summed E-state index contributed by atoms with van der Waals surface area (Å²) in [6.45, 7) is 11.2. The Morgan fingerprint density at radius 3 is 2.18 bits per heavy atom. The van der Waals surface area contributed by atoms with Crippen molar-refractivity contribution in [3.05, 3.63) is 60.2 Å². The standard InChI is InChI=1S/C35H52N2OS/c1-6-8-10-12-13-18-25-37(5)27-32(22-15-11-9-7-2)30-23-19-24-31(26-30)34-33(29-20-16-14-17-21-29)36-35(38-34)39-28(3)4/h14,16-17,19-21,23-24,26,28,32H,6-13,15,18,22,25,27H2,1-5H3. The molecule has 0 bridgehead atoms. The van der Waals surface area contributed by atoms with Gasteiger partial charge in [-0.3, -0.25) is 0 Å². The molecule has 0 radical (unpaired) electrons. The van der Waals surface area contributed by atoms with Crippen LogP contribution in [-0.4, -0.2) is 35.3 Å². The zero-order valence-electron chi connectivity index (χ0n) is 25.3. The zero-order chi connectivity index (χ0) is 27.9. The molecule has 3 nitrogen and oxygen atoms in total. The lowest BCUT2D eigenvalue weighted by atomic mass is 9.90. The van der Waals surface area contributed by atoms with Gasteiger partial charge in [0.15, 0.2) is 5.76 Å². The van der Waals surface area contributed by atoms with Crippen LogP contribution in [0, 0.1) is 0 Å². The molecule has 0 saturated heterocycles. The van der Waals surface area contributed by atoms with Gasteiger partial charge in [-0.05, 0) is 44.0 Å². The lowest BCUT2D eigenvalue weighted by molar-refractivity contribution is 0.293. The van der Waals surface area contributed by atoms with E-state index in [-0.39, 0.29) is 0 Å². The number of oxazole rings is 1. The molecule has 3 rings (SSSR count). The minimum atomic E-state index is 0.418. The monoisotopic (exact) mass is 548 g/mol. The highest BCUT2D eigenvalue weighted by Crippen LogP contribution is 2.38. The van der Waals surface area contributed by atoms with Crippen molar-refractivity contribution in [2.24, 2.45) is 0 Å². The molecule has 0 aliphatic rings. The molecule has 214 valence electrons. The average molecular weight is 549 g/mol. The van der Waals surface area contributed by atoms with Gasteiger partial charge >= 0.3 is 0 Å². The minimum Gasteiger partial charge on any atom is -0.431 e. The van der Waals surface area contributed by atoms with Crippen LogP contribution in [0.3, 0.4) is 0 Å². The van der Waals surface area contributed by atoms with Crippen LogP contribution in [0.25, 0.3) is 22.6 Å². The topological polar surface area (TPSA) is 29.3 Å². The molecule has 0 N–H and O–H groups in total. The van der Waals surface area contributed by atoms with Crippen LogP contribution < -0.4 is 0 Å². The SMILES string of the molecule is CCCCCCCCN(C)CC(CCCCCC)c1cccc(-c2oc(SC(C)C)nc2-c2ccccc2)c1. The van der Waals surface area contributed by atoms with Crippen molar-refractivity contribution in [1.29, 1.82) is 0 Å². The third-order valence-electron chi connectivity index (χ3n) is 7.44. The van der Waals surface area contributed by atoms with Gasteiger partial charge in [-0.25, -0.2) is 4.98 Å². The Bertz CT molecular complexity index is 1060. The third kappa shape index (κ3) is 10.8. The normalized spacial score (nSPS) is 12.5. The molecule has 1 heterocycles. The van der Waals surface area contributed by atoms with Crippen molar-refractivity contribution < 1.29 is 4.42 Å². The highest BCUT2D eigenvalue weighted by molar-refractivity contribution is 7.99. The quantitative estimate of drug-likeness (QED) is 0.110. The van der Waals surface area contributed by atoms with Gasteiger partial charge in [-0.15, -0.1) is 0 Å². The van der Waals surface area contributed by atoms with Crippen molar-refractivity contribution in [2.45, 2.75) is 115 Å². The summed E-state index contributed by atoms with van der Waals surface area (Å²) in [7, 11) is 2.31. The van der Waals surface area contributed by atoms with E-state index in [1.807, 2.05) is 0 Å². The van der Waals surface area contributed by atoms with E-state index in [1.54, 1.807) is 11.8 Å². The van der Waals surface area contributed by atoms with Crippen LogP contribution in [0.1, 0.15) is 110 Å². The first kappa shape index (κ1) is 31.5. The van der Waals surface area contributed by atoms with E-state index in [0.29, 0.717) is 11.2 Å². The van der Waals surface area contributed by atoms with Crippen molar-refractivity contribution in [2.75, 3.05) is 20.1 Å². The summed E-state index contributed by atoms with van der Waals surface area (Å²) < 4.78 is 6.43. The number of hydrogen-bond donors (Lipinski definition) is 0. The Balaban J connectivity index is 1.80. The fraction of sp³-hybridized carbons (Fsp3) is 0.571. The van der Waals surface area contributed by atoms with Crippen LogP contribution in [0.5, 0.6) is 0 Å². The predicted molar refractivity (Wildman–Crippen MR) is 171 cm³/mol. The van der Waals surface area contributed by atoms with Crippen LogP contribution in [0.2, 0.25) is 0 Å². The highest BCUT2D eigenvalue weighted by Gasteiger charge is 2.20. The molecule has 0 aliphatic carbocycles. The summed E-state index contributed by atoms with van der Waals surface area (Å²) in [4.78, 5) is 7.51. The summed E-state index contributed by atoms with van der Waals surface area (Å²) in [5.74, 6) is 1.41. The summed E-state index contributed by atoms with van der Waals surface area (Å²) >= 11 is 1.69. The van der Waals surface area contributed by atoms with E-state index < -0.39 is 0 Å². The molecule has 39 heavy (non-hydrogen) atoms. The molecule has 0 spiro atoms. The number of likely N-dealkylation sites (N-methyl/N-ethyl adjacent to an activating group) is 1. The maximum atomic E-state index is 6.43. The van der Waals surface area contributed by atoms with Gasteiger partial charge in [0.2, 0.25) is 0 Å². The average Bonchev–Trinajstić information content (AvgIpc) is 3.36. The van der Waals surface area contributed by atoms with Gasteiger partial charge in [0, 0.05) is 22.9 Å². The summed E-state index contributed by atoms with van der Waals surface area (Å²) in [6.07, 6.45) is 14.6. The Labute approximate surface area is 243 Å². The second kappa shape index (κ2) is 17.6. The molecular weight excluding hydrogens is 496 g/mol. The lowest BCUT2D eigenvalue weighted by Crippen LogP contribution is -2.26. The lowest BCUT2D eigenvalue weighted by Gasteiger charge is -2.25. The maximum Gasteiger partial charge on any atom is 0.257 e. The number of rotatable bonds is 19. The first-order valence-electron chi connectivity index (χ1n) is 15.5. The van der Waals surface area contributed by atoms with Gasteiger partial charge in [0.1, 0.15) is 5.69 Å². The first-order chi connectivity index (χ1) is 19.0. The molecule has 0 amide bonds. The van der Waals surface area contributed by atoms with E-state index in [1.165, 1.54) is 82.7 Å². The zero-order valence-corrected chi connectivity index (χ0v) is 26.1.